The van der Waals surface area contributed by atoms with E-state index >= 15 is 0 Å². The standard InChI is InChI=1S/C13H16N2O.ClH/c14-12(13(16)8-4-5-8)10-2-1-3-11-9(10)6-7-15-11;/h1-3,6-8,12-13,15-16H,4-5,14H2;1H/t12-,13+;/m1./s1. The fourth-order valence-corrected chi connectivity index (χ4v) is 2.32. The van der Waals surface area contributed by atoms with Crippen molar-refractivity contribution in [2.24, 2.45) is 11.7 Å². The molecule has 2 aromatic rings. The van der Waals surface area contributed by atoms with E-state index in [1.54, 1.807) is 0 Å². The van der Waals surface area contributed by atoms with E-state index in [0.29, 0.717) is 5.92 Å². The van der Waals surface area contributed by atoms with Crippen LogP contribution in [0.3, 0.4) is 0 Å². The van der Waals surface area contributed by atoms with Crippen LogP contribution in [0, 0.1) is 5.92 Å². The summed E-state index contributed by atoms with van der Waals surface area (Å²) in [5, 5.41) is 11.2. The summed E-state index contributed by atoms with van der Waals surface area (Å²) in [6.45, 7) is 0. The van der Waals surface area contributed by atoms with Crippen LogP contribution in [-0.2, 0) is 0 Å². The Bertz CT molecular complexity index is 507. The molecule has 4 N–H and O–H groups in total. The van der Waals surface area contributed by atoms with Gasteiger partial charge in [0.2, 0.25) is 0 Å². The SMILES string of the molecule is Cl.N[C@H](c1cccc2[nH]ccc12)[C@@H](O)C1CC1. The number of H-pyrrole nitrogens is 1. The molecule has 0 bridgehead atoms. The van der Waals surface area contributed by atoms with Crippen molar-refractivity contribution in [1.29, 1.82) is 0 Å². The summed E-state index contributed by atoms with van der Waals surface area (Å²) in [5.41, 5.74) is 8.26. The summed E-state index contributed by atoms with van der Waals surface area (Å²) >= 11 is 0. The second kappa shape index (κ2) is 4.69. The zero-order chi connectivity index (χ0) is 11.1. The number of nitrogens with one attached hydrogen (secondary N) is 1. The Balaban J connectivity index is 0.00000108. The van der Waals surface area contributed by atoms with Gasteiger partial charge >= 0.3 is 0 Å². The highest BCUT2D eigenvalue weighted by Gasteiger charge is 2.34. The first-order chi connectivity index (χ1) is 7.77. The third-order valence-corrected chi connectivity index (χ3v) is 3.46. The number of aliphatic hydroxyl groups excluding tert-OH is 1. The normalized spacial score (nSPS) is 18.7. The van der Waals surface area contributed by atoms with Gasteiger partial charge < -0.3 is 15.8 Å². The van der Waals surface area contributed by atoms with Gasteiger partial charge in [0, 0.05) is 17.1 Å². The van der Waals surface area contributed by atoms with E-state index in [1.807, 2.05) is 30.5 Å². The van der Waals surface area contributed by atoms with Crippen molar-refractivity contribution < 1.29 is 5.11 Å². The predicted molar refractivity (Wildman–Crippen MR) is 71.2 cm³/mol. The fraction of sp³-hybridized carbons (Fsp3) is 0.385. The molecule has 2 atom stereocenters. The van der Waals surface area contributed by atoms with Gasteiger partial charge in [-0.3, -0.25) is 0 Å². The molecule has 4 heteroatoms. The molecular formula is C13H17ClN2O. The van der Waals surface area contributed by atoms with Gasteiger partial charge in [0.1, 0.15) is 0 Å². The van der Waals surface area contributed by atoms with Crippen LogP contribution >= 0.6 is 12.4 Å². The number of rotatable bonds is 3. The summed E-state index contributed by atoms with van der Waals surface area (Å²) in [7, 11) is 0. The summed E-state index contributed by atoms with van der Waals surface area (Å²) < 4.78 is 0. The predicted octanol–water partition coefficient (Wildman–Crippen LogP) is 2.36. The number of aliphatic hydroxyl groups is 1. The first-order valence-electron chi connectivity index (χ1n) is 5.77. The Kier molecular flexibility index (Phi) is 3.43. The minimum Gasteiger partial charge on any atom is -0.391 e. The van der Waals surface area contributed by atoms with Gasteiger partial charge in [-0.05, 0) is 36.5 Å². The van der Waals surface area contributed by atoms with E-state index in [2.05, 4.69) is 4.98 Å². The van der Waals surface area contributed by atoms with Gasteiger partial charge in [-0.2, -0.15) is 0 Å². The molecule has 1 aliphatic carbocycles. The van der Waals surface area contributed by atoms with Crippen LogP contribution in [0.15, 0.2) is 30.5 Å². The number of hydrogen-bond donors (Lipinski definition) is 3. The highest BCUT2D eigenvalue weighted by atomic mass is 35.5. The Morgan fingerprint density at radius 3 is 2.76 bits per heavy atom. The molecule has 0 aliphatic heterocycles. The van der Waals surface area contributed by atoms with Crippen molar-refractivity contribution in [3.8, 4) is 0 Å². The van der Waals surface area contributed by atoms with Crippen LogP contribution in [0.5, 0.6) is 0 Å². The van der Waals surface area contributed by atoms with E-state index in [-0.39, 0.29) is 18.4 Å². The van der Waals surface area contributed by atoms with Crippen molar-refractivity contribution in [3.05, 3.63) is 36.0 Å². The molecule has 1 aliphatic rings. The molecule has 0 radical (unpaired) electrons. The second-order valence-electron chi connectivity index (χ2n) is 4.64. The zero-order valence-electron chi connectivity index (χ0n) is 9.47. The topological polar surface area (TPSA) is 62.0 Å². The van der Waals surface area contributed by atoms with Crippen molar-refractivity contribution in [3.63, 3.8) is 0 Å². The third-order valence-electron chi connectivity index (χ3n) is 3.46. The van der Waals surface area contributed by atoms with Crippen LogP contribution in [0.2, 0.25) is 0 Å². The number of hydrogen-bond acceptors (Lipinski definition) is 2. The van der Waals surface area contributed by atoms with E-state index in [0.717, 1.165) is 29.3 Å². The largest absolute Gasteiger partial charge is 0.391 e. The molecule has 1 heterocycles. The number of nitrogens with two attached hydrogens (primary N) is 1. The lowest BCUT2D eigenvalue weighted by Gasteiger charge is -2.19. The van der Waals surface area contributed by atoms with Crippen molar-refractivity contribution in [1.82, 2.24) is 4.98 Å². The quantitative estimate of drug-likeness (QED) is 0.785. The molecule has 0 saturated heterocycles. The molecular weight excluding hydrogens is 236 g/mol. The maximum Gasteiger partial charge on any atom is 0.0761 e. The third kappa shape index (κ3) is 2.18. The van der Waals surface area contributed by atoms with Crippen LogP contribution in [0.4, 0.5) is 0 Å². The van der Waals surface area contributed by atoms with E-state index in [1.165, 1.54) is 0 Å². The Labute approximate surface area is 106 Å². The van der Waals surface area contributed by atoms with Crippen LogP contribution < -0.4 is 5.73 Å². The molecule has 0 unspecified atom stereocenters. The van der Waals surface area contributed by atoms with Crippen molar-refractivity contribution in [2.45, 2.75) is 25.0 Å². The highest BCUT2D eigenvalue weighted by Crippen LogP contribution is 2.38. The Morgan fingerprint density at radius 2 is 2.06 bits per heavy atom. The first kappa shape index (κ1) is 12.4. The number of halogens is 1. The number of aromatic amines is 1. The van der Waals surface area contributed by atoms with Crippen molar-refractivity contribution >= 4 is 23.3 Å². The summed E-state index contributed by atoms with van der Waals surface area (Å²) in [5.74, 6) is 0.407. The van der Waals surface area contributed by atoms with Gasteiger partial charge in [0.25, 0.3) is 0 Å². The van der Waals surface area contributed by atoms with E-state index in [9.17, 15) is 5.11 Å². The molecule has 0 spiro atoms. The summed E-state index contributed by atoms with van der Waals surface area (Å²) in [6, 6.07) is 7.76. The lowest BCUT2D eigenvalue weighted by Crippen LogP contribution is -2.27. The average Bonchev–Trinajstić information content (AvgIpc) is 3.04. The molecule has 3 rings (SSSR count). The molecule has 17 heavy (non-hydrogen) atoms. The number of benzene rings is 1. The summed E-state index contributed by atoms with van der Waals surface area (Å²) in [6.07, 6.45) is 3.72. The second-order valence-corrected chi connectivity index (χ2v) is 4.64. The van der Waals surface area contributed by atoms with Crippen LogP contribution in [-0.4, -0.2) is 16.2 Å². The molecule has 92 valence electrons. The van der Waals surface area contributed by atoms with Gasteiger partial charge in [-0.25, -0.2) is 0 Å². The van der Waals surface area contributed by atoms with E-state index < -0.39 is 6.10 Å². The maximum absolute atomic E-state index is 10.1. The van der Waals surface area contributed by atoms with Gasteiger partial charge in [0.15, 0.2) is 0 Å². The monoisotopic (exact) mass is 252 g/mol. The Hall–Kier alpha value is -1.03. The number of aromatic nitrogens is 1. The molecule has 1 fully saturated rings. The lowest BCUT2D eigenvalue weighted by atomic mass is 9.96. The first-order valence-corrected chi connectivity index (χ1v) is 5.77. The Morgan fingerprint density at radius 1 is 1.29 bits per heavy atom. The fourth-order valence-electron chi connectivity index (χ4n) is 2.32. The molecule has 3 nitrogen and oxygen atoms in total. The van der Waals surface area contributed by atoms with Crippen molar-refractivity contribution in [2.75, 3.05) is 0 Å². The smallest absolute Gasteiger partial charge is 0.0761 e. The van der Waals surface area contributed by atoms with Crippen LogP contribution in [0.25, 0.3) is 10.9 Å². The average molecular weight is 253 g/mol. The van der Waals surface area contributed by atoms with Gasteiger partial charge in [-0.15, -0.1) is 12.4 Å². The minimum absolute atomic E-state index is 0. The van der Waals surface area contributed by atoms with Crippen LogP contribution in [0.1, 0.15) is 24.4 Å². The lowest BCUT2D eigenvalue weighted by molar-refractivity contribution is 0.123. The summed E-state index contributed by atoms with van der Waals surface area (Å²) in [4.78, 5) is 3.16. The zero-order valence-corrected chi connectivity index (χ0v) is 10.3. The minimum atomic E-state index is -0.402. The molecule has 1 aromatic heterocycles. The van der Waals surface area contributed by atoms with Gasteiger partial charge in [0.05, 0.1) is 12.1 Å². The van der Waals surface area contributed by atoms with Gasteiger partial charge in [-0.1, -0.05) is 12.1 Å². The maximum atomic E-state index is 10.1. The molecule has 1 saturated carbocycles. The number of fused-ring (bicyclic) bond motifs is 1. The highest BCUT2D eigenvalue weighted by molar-refractivity contribution is 5.85. The molecule has 0 amide bonds. The van der Waals surface area contributed by atoms with E-state index in [4.69, 9.17) is 5.73 Å². The molecule has 1 aromatic carbocycles.